The van der Waals surface area contributed by atoms with Crippen LogP contribution in [0.25, 0.3) is 0 Å². The molecule has 2 aromatic rings. The number of aryl methyl sites for hydroxylation is 1. The zero-order chi connectivity index (χ0) is 21.0. The third-order valence-electron chi connectivity index (χ3n) is 5.05. The molecule has 1 aliphatic rings. The minimum absolute atomic E-state index is 0.0228. The first-order chi connectivity index (χ1) is 13.8. The van der Waals surface area contributed by atoms with Gasteiger partial charge in [-0.2, -0.15) is 4.31 Å². The predicted octanol–water partition coefficient (Wildman–Crippen LogP) is 3.96. The summed E-state index contributed by atoms with van der Waals surface area (Å²) in [5.41, 5.74) is 1.22. The number of hydrogen-bond donors (Lipinski definition) is 1. The van der Waals surface area contributed by atoms with Crippen LogP contribution in [0.1, 0.15) is 41.6 Å². The lowest BCUT2D eigenvalue weighted by molar-refractivity contribution is 0.102. The van der Waals surface area contributed by atoms with E-state index in [2.05, 4.69) is 5.32 Å². The van der Waals surface area contributed by atoms with Crippen LogP contribution in [0, 0.1) is 12.7 Å². The van der Waals surface area contributed by atoms with Crippen molar-refractivity contribution in [3.8, 4) is 5.75 Å². The highest BCUT2D eigenvalue weighted by Gasteiger charge is 2.29. The molecule has 0 spiro atoms. The maximum Gasteiger partial charge on any atom is 0.255 e. The highest BCUT2D eigenvalue weighted by Crippen LogP contribution is 2.30. The van der Waals surface area contributed by atoms with Crippen molar-refractivity contribution < 1.29 is 22.3 Å². The molecular formula is C21H25FN2O4S. The number of nitrogens with zero attached hydrogens (tertiary/aromatic N) is 1. The van der Waals surface area contributed by atoms with Gasteiger partial charge < -0.3 is 10.1 Å². The summed E-state index contributed by atoms with van der Waals surface area (Å²) < 4.78 is 46.4. The second-order valence-corrected chi connectivity index (χ2v) is 9.00. The summed E-state index contributed by atoms with van der Waals surface area (Å²) in [4.78, 5) is 12.7. The van der Waals surface area contributed by atoms with Gasteiger partial charge in [0.15, 0.2) is 0 Å². The van der Waals surface area contributed by atoms with Crippen molar-refractivity contribution in [3.05, 3.63) is 53.3 Å². The number of carbonyl (C=O) groups excluding carboxylic acids is 1. The van der Waals surface area contributed by atoms with Crippen molar-refractivity contribution >= 4 is 21.6 Å². The first kappa shape index (κ1) is 21.3. The Balaban J connectivity index is 1.92. The minimum atomic E-state index is -3.79. The zero-order valence-corrected chi connectivity index (χ0v) is 17.4. The molecule has 29 heavy (non-hydrogen) atoms. The average Bonchev–Trinajstić information content (AvgIpc) is 2.99. The number of hydrogen-bond acceptors (Lipinski definition) is 4. The molecular weight excluding hydrogens is 395 g/mol. The Kier molecular flexibility index (Phi) is 6.54. The third kappa shape index (κ3) is 4.76. The smallest absolute Gasteiger partial charge is 0.255 e. The minimum Gasteiger partial charge on any atom is -0.495 e. The monoisotopic (exact) mass is 420 g/mol. The summed E-state index contributed by atoms with van der Waals surface area (Å²) in [5, 5.41) is 2.70. The van der Waals surface area contributed by atoms with Crippen LogP contribution in [0.5, 0.6) is 5.75 Å². The van der Waals surface area contributed by atoms with E-state index < -0.39 is 21.7 Å². The topological polar surface area (TPSA) is 75.7 Å². The summed E-state index contributed by atoms with van der Waals surface area (Å²) >= 11 is 0. The van der Waals surface area contributed by atoms with Crippen LogP contribution in [0.4, 0.5) is 10.1 Å². The molecule has 0 bridgehead atoms. The highest BCUT2D eigenvalue weighted by atomic mass is 32.2. The summed E-state index contributed by atoms with van der Waals surface area (Å²) in [6.07, 6.45) is 3.63. The molecule has 0 aromatic heterocycles. The molecule has 1 saturated heterocycles. The first-order valence-corrected chi connectivity index (χ1v) is 11.0. The normalized spacial score (nSPS) is 15.6. The van der Waals surface area contributed by atoms with Gasteiger partial charge in [0.1, 0.15) is 16.5 Å². The van der Waals surface area contributed by atoms with Gasteiger partial charge in [-0.1, -0.05) is 12.8 Å². The van der Waals surface area contributed by atoms with Crippen molar-refractivity contribution in [1.82, 2.24) is 4.31 Å². The number of nitrogens with one attached hydrogen (secondary N) is 1. The van der Waals surface area contributed by atoms with E-state index in [-0.39, 0.29) is 16.2 Å². The summed E-state index contributed by atoms with van der Waals surface area (Å²) in [5.74, 6) is -0.672. The van der Waals surface area contributed by atoms with E-state index in [1.165, 1.54) is 47.8 Å². The van der Waals surface area contributed by atoms with E-state index in [1.807, 2.05) is 0 Å². The lowest BCUT2D eigenvalue weighted by Gasteiger charge is -2.21. The Morgan fingerprint density at radius 2 is 1.76 bits per heavy atom. The largest absolute Gasteiger partial charge is 0.495 e. The Morgan fingerprint density at radius 1 is 1.07 bits per heavy atom. The molecule has 0 saturated carbocycles. The van der Waals surface area contributed by atoms with Crippen molar-refractivity contribution in [2.24, 2.45) is 0 Å². The number of carbonyl (C=O) groups is 1. The quantitative estimate of drug-likeness (QED) is 0.794. The van der Waals surface area contributed by atoms with Gasteiger partial charge in [0, 0.05) is 24.3 Å². The van der Waals surface area contributed by atoms with Gasteiger partial charge in [0.05, 0.1) is 7.11 Å². The lowest BCUT2D eigenvalue weighted by Crippen LogP contribution is -2.32. The van der Waals surface area contributed by atoms with Gasteiger partial charge in [-0.3, -0.25) is 4.79 Å². The molecule has 1 heterocycles. The van der Waals surface area contributed by atoms with E-state index in [9.17, 15) is 17.6 Å². The SMILES string of the molecule is COc1ccc(C(=O)Nc2ccc(F)cc2C)cc1S(=O)(=O)N1CCCCCC1. The van der Waals surface area contributed by atoms with Crippen LogP contribution in [-0.4, -0.2) is 38.8 Å². The Morgan fingerprint density at radius 3 is 2.38 bits per heavy atom. The number of amides is 1. The van der Waals surface area contributed by atoms with Crippen LogP contribution in [0.2, 0.25) is 0 Å². The van der Waals surface area contributed by atoms with Gasteiger partial charge in [0.25, 0.3) is 5.91 Å². The second-order valence-electron chi connectivity index (χ2n) is 7.10. The molecule has 0 aliphatic carbocycles. The maximum absolute atomic E-state index is 13.3. The van der Waals surface area contributed by atoms with Gasteiger partial charge in [-0.25, -0.2) is 12.8 Å². The van der Waals surface area contributed by atoms with Gasteiger partial charge >= 0.3 is 0 Å². The molecule has 3 rings (SSSR count). The third-order valence-corrected chi connectivity index (χ3v) is 6.97. The standard InChI is InChI=1S/C21H25FN2O4S/c1-15-13-17(22)8-9-18(15)23-21(25)16-7-10-19(28-2)20(14-16)29(26,27)24-11-5-3-4-6-12-24/h7-10,13-14H,3-6,11-12H2,1-2H3,(H,23,25). The molecule has 1 aliphatic heterocycles. The fourth-order valence-corrected chi connectivity index (χ4v) is 5.10. The number of ether oxygens (including phenoxy) is 1. The molecule has 156 valence electrons. The van der Waals surface area contributed by atoms with Gasteiger partial charge in [-0.05, 0) is 61.7 Å². The van der Waals surface area contributed by atoms with E-state index in [0.717, 1.165) is 25.7 Å². The molecule has 0 unspecified atom stereocenters. The second kappa shape index (κ2) is 8.92. The fraction of sp³-hybridized carbons (Fsp3) is 0.381. The van der Waals surface area contributed by atoms with Crippen molar-refractivity contribution in [3.63, 3.8) is 0 Å². The molecule has 1 amide bonds. The molecule has 1 N–H and O–H groups in total. The first-order valence-electron chi connectivity index (χ1n) is 9.58. The Bertz CT molecular complexity index is 1000. The van der Waals surface area contributed by atoms with Crippen molar-refractivity contribution in [2.45, 2.75) is 37.5 Å². The summed E-state index contributed by atoms with van der Waals surface area (Å²) in [7, 11) is -2.39. The van der Waals surface area contributed by atoms with Crippen LogP contribution in [0.3, 0.4) is 0 Å². The van der Waals surface area contributed by atoms with Gasteiger partial charge in [0.2, 0.25) is 10.0 Å². The van der Waals surface area contributed by atoms with E-state index >= 15 is 0 Å². The molecule has 1 fully saturated rings. The van der Waals surface area contributed by atoms with Crippen LogP contribution in [-0.2, 0) is 10.0 Å². The Hall–Kier alpha value is -2.45. The predicted molar refractivity (Wildman–Crippen MR) is 109 cm³/mol. The summed E-state index contributed by atoms with van der Waals surface area (Å²) in [6.45, 7) is 2.59. The maximum atomic E-state index is 13.3. The number of anilines is 1. The van der Waals surface area contributed by atoms with E-state index in [4.69, 9.17) is 4.74 Å². The molecule has 0 atom stereocenters. The highest BCUT2D eigenvalue weighted by molar-refractivity contribution is 7.89. The molecule has 0 radical (unpaired) electrons. The Labute approximate surface area is 170 Å². The summed E-state index contributed by atoms with van der Waals surface area (Å²) in [6, 6.07) is 8.38. The average molecular weight is 421 g/mol. The number of halogens is 1. The number of benzene rings is 2. The van der Waals surface area contributed by atoms with Crippen molar-refractivity contribution in [1.29, 1.82) is 0 Å². The fourth-order valence-electron chi connectivity index (χ4n) is 3.40. The van der Waals surface area contributed by atoms with E-state index in [0.29, 0.717) is 24.3 Å². The molecule has 8 heteroatoms. The van der Waals surface area contributed by atoms with Gasteiger partial charge in [-0.15, -0.1) is 0 Å². The van der Waals surface area contributed by atoms with Crippen molar-refractivity contribution in [2.75, 3.05) is 25.5 Å². The number of methoxy groups -OCH3 is 1. The molecule has 6 nitrogen and oxygen atoms in total. The molecule has 2 aromatic carbocycles. The van der Waals surface area contributed by atoms with Crippen LogP contribution in [0.15, 0.2) is 41.3 Å². The lowest BCUT2D eigenvalue weighted by atomic mass is 10.1. The number of rotatable bonds is 5. The van der Waals surface area contributed by atoms with Crippen LogP contribution < -0.4 is 10.1 Å². The zero-order valence-electron chi connectivity index (χ0n) is 16.6. The number of sulfonamides is 1. The van der Waals surface area contributed by atoms with Crippen LogP contribution >= 0.6 is 0 Å². The van der Waals surface area contributed by atoms with E-state index in [1.54, 1.807) is 6.92 Å².